The van der Waals surface area contributed by atoms with E-state index in [0.29, 0.717) is 0 Å². The molecule has 6 aromatic carbocycles. The van der Waals surface area contributed by atoms with E-state index < -0.39 is 0 Å². The van der Waals surface area contributed by atoms with E-state index >= 15 is 0 Å². The van der Waals surface area contributed by atoms with Gasteiger partial charge < -0.3 is 9.80 Å². The Bertz CT molecular complexity index is 1660. The fourth-order valence-corrected chi connectivity index (χ4v) is 6.37. The van der Waals surface area contributed by atoms with Gasteiger partial charge >= 0.3 is 0 Å². The van der Waals surface area contributed by atoms with Gasteiger partial charge in [-0.25, -0.2) is 0 Å². The van der Waals surface area contributed by atoms with Crippen molar-refractivity contribution in [2.24, 2.45) is 0 Å². The summed E-state index contributed by atoms with van der Waals surface area (Å²) < 4.78 is 2.04. The van der Waals surface area contributed by atoms with Gasteiger partial charge in [-0.15, -0.1) is 0 Å². The molecule has 0 heterocycles. The minimum absolute atomic E-state index is 1.02. The molecule has 0 aliphatic heterocycles. The van der Waals surface area contributed by atoms with Crippen LogP contribution in [0, 0.1) is 27.7 Å². The van der Waals surface area contributed by atoms with E-state index in [1.54, 1.807) is 0 Å². The molecule has 0 N–H and O–H groups in total. The largest absolute Gasteiger partial charge is 0.310 e. The van der Waals surface area contributed by atoms with E-state index in [2.05, 4.69) is 203 Å². The molecular weight excluding hydrogens is 668 g/mol. The smallest absolute Gasteiger partial charge is 0.0479 e. The molecule has 0 bridgehead atoms. The van der Waals surface area contributed by atoms with Crippen LogP contribution in [0.1, 0.15) is 22.3 Å². The highest BCUT2D eigenvalue weighted by atomic mass is 79.9. The summed E-state index contributed by atoms with van der Waals surface area (Å²) in [4.78, 5) is 4.63. The monoisotopic (exact) mass is 700 g/mol. The van der Waals surface area contributed by atoms with Crippen LogP contribution < -0.4 is 9.80 Å². The standard InChI is InChI=1S/C40H34Br2N2/c1-27-5-13-35(14-6-27)43(36-15-7-28(2)8-16-36)39-23-31(21-33(41)25-39)32-22-34(42)26-40(24-32)44(37-17-9-29(3)10-18-37)38-19-11-30(4)12-20-38/h5-26H,1-4H3. The predicted octanol–water partition coefficient (Wildman–Crippen LogP) is 13.1. The van der Waals surface area contributed by atoms with Crippen molar-refractivity contribution in [3.8, 4) is 11.1 Å². The van der Waals surface area contributed by atoms with E-state index in [9.17, 15) is 0 Å². The molecule has 0 aliphatic carbocycles. The average Bonchev–Trinajstić information content (AvgIpc) is 3.01. The van der Waals surface area contributed by atoms with Crippen LogP contribution in [-0.2, 0) is 0 Å². The number of benzene rings is 6. The summed E-state index contributed by atoms with van der Waals surface area (Å²) in [7, 11) is 0. The van der Waals surface area contributed by atoms with Crippen LogP contribution in [0.3, 0.4) is 0 Å². The van der Waals surface area contributed by atoms with Gasteiger partial charge in [-0.05, 0) is 124 Å². The number of nitrogens with zero attached hydrogens (tertiary/aromatic N) is 2. The highest BCUT2D eigenvalue weighted by molar-refractivity contribution is 9.10. The van der Waals surface area contributed by atoms with Crippen molar-refractivity contribution in [2.75, 3.05) is 9.80 Å². The molecule has 0 fully saturated rings. The first kappa shape index (κ1) is 29.9. The van der Waals surface area contributed by atoms with E-state index in [0.717, 1.165) is 54.2 Å². The number of anilines is 6. The van der Waals surface area contributed by atoms with Crippen LogP contribution in [0.2, 0.25) is 0 Å². The fourth-order valence-electron chi connectivity index (χ4n) is 5.41. The Labute approximate surface area is 277 Å². The van der Waals surface area contributed by atoms with Gasteiger partial charge in [0, 0.05) is 43.1 Å². The first-order valence-electron chi connectivity index (χ1n) is 14.7. The zero-order valence-corrected chi connectivity index (χ0v) is 28.5. The Balaban J connectivity index is 1.49. The zero-order valence-electron chi connectivity index (χ0n) is 25.4. The van der Waals surface area contributed by atoms with Crippen molar-refractivity contribution in [2.45, 2.75) is 27.7 Å². The SMILES string of the molecule is Cc1ccc(N(c2ccc(C)cc2)c2cc(Br)cc(-c3cc(Br)cc(N(c4ccc(C)cc4)c4ccc(C)cc4)c3)c2)cc1. The first-order valence-corrected chi connectivity index (χ1v) is 16.3. The van der Waals surface area contributed by atoms with Gasteiger partial charge in [0.2, 0.25) is 0 Å². The van der Waals surface area contributed by atoms with Crippen molar-refractivity contribution in [1.82, 2.24) is 0 Å². The quantitative estimate of drug-likeness (QED) is 0.163. The molecule has 218 valence electrons. The summed E-state index contributed by atoms with van der Waals surface area (Å²) in [5, 5.41) is 0. The molecule has 0 radical (unpaired) electrons. The number of halogens is 2. The lowest BCUT2D eigenvalue weighted by Crippen LogP contribution is -2.11. The van der Waals surface area contributed by atoms with Gasteiger partial charge in [-0.2, -0.15) is 0 Å². The van der Waals surface area contributed by atoms with Crippen LogP contribution in [0.4, 0.5) is 34.1 Å². The van der Waals surface area contributed by atoms with Gasteiger partial charge in [0.25, 0.3) is 0 Å². The molecule has 6 rings (SSSR count). The third kappa shape index (κ3) is 6.67. The zero-order chi connectivity index (χ0) is 30.8. The summed E-state index contributed by atoms with van der Waals surface area (Å²) in [6.45, 7) is 8.49. The highest BCUT2D eigenvalue weighted by Crippen LogP contribution is 2.42. The second kappa shape index (κ2) is 12.9. The maximum atomic E-state index is 3.85. The van der Waals surface area contributed by atoms with Crippen molar-refractivity contribution in [1.29, 1.82) is 0 Å². The average molecular weight is 703 g/mol. The maximum absolute atomic E-state index is 3.85. The van der Waals surface area contributed by atoms with Crippen molar-refractivity contribution in [3.63, 3.8) is 0 Å². The fraction of sp³-hybridized carbons (Fsp3) is 0.100. The molecule has 0 unspecified atom stereocenters. The molecule has 0 aliphatic rings. The van der Waals surface area contributed by atoms with Gasteiger partial charge in [0.05, 0.1) is 0 Å². The second-order valence-electron chi connectivity index (χ2n) is 11.4. The Morgan fingerprint density at radius 2 is 0.568 bits per heavy atom. The highest BCUT2D eigenvalue weighted by Gasteiger charge is 2.17. The van der Waals surface area contributed by atoms with Crippen molar-refractivity contribution >= 4 is 66.0 Å². The summed E-state index contributed by atoms with van der Waals surface area (Å²) in [5.74, 6) is 0. The van der Waals surface area contributed by atoms with E-state index in [4.69, 9.17) is 0 Å². The topological polar surface area (TPSA) is 6.48 Å². The van der Waals surface area contributed by atoms with E-state index in [-0.39, 0.29) is 0 Å². The number of hydrogen-bond donors (Lipinski definition) is 0. The third-order valence-electron chi connectivity index (χ3n) is 7.78. The van der Waals surface area contributed by atoms with Crippen molar-refractivity contribution in [3.05, 3.63) is 165 Å². The van der Waals surface area contributed by atoms with Gasteiger partial charge in [0.15, 0.2) is 0 Å². The Morgan fingerprint density at radius 1 is 0.318 bits per heavy atom. The molecule has 0 saturated carbocycles. The van der Waals surface area contributed by atoms with Crippen LogP contribution in [-0.4, -0.2) is 0 Å². The normalized spacial score (nSPS) is 11.0. The molecule has 44 heavy (non-hydrogen) atoms. The second-order valence-corrected chi connectivity index (χ2v) is 13.2. The number of rotatable bonds is 7. The summed E-state index contributed by atoms with van der Waals surface area (Å²) in [5.41, 5.74) is 13.8. The lowest BCUT2D eigenvalue weighted by Gasteiger charge is -2.28. The summed E-state index contributed by atoms with van der Waals surface area (Å²) in [6, 6.07) is 48.2. The lowest BCUT2D eigenvalue weighted by atomic mass is 10.0. The Hall–Kier alpha value is -4.12. The van der Waals surface area contributed by atoms with Gasteiger partial charge in [-0.3, -0.25) is 0 Å². The van der Waals surface area contributed by atoms with Crippen LogP contribution in [0.5, 0.6) is 0 Å². The minimum Gasteiger partial charge on any atom is -0.310 e. The molecule has 0 spiro atoms. The minimum atomic E-state index is 1.02. The molecule has 2 nitrogen and oxygen atoms in total. The summed E-state index contributed by atoms with van der Waals surface area (Å²) >= 11 is 7.70. The van der Waals surface area contributed by atoms with Crippen LogP contribution in [0.25, 0.3) is 11.1 Å². The molecule has 4 heteroatoms. The molecule has 0 amide bonds. The maximum Gasteiger partial charge on any atom is 0.0479 e. The Kier molecular flexibility index (Phi) is 8.74. The lowest BCUT2D eigenvalue weighted by molar-refractivity contribution is 1.26. The van der Waals surface area contributed by atoms with Crippen molar-refractivity contribution < 1.29 is 0 Å². The first-order chi connectivity index (χ1) is 21.2. The number of aryl methyl sites for hydroxylation is 4. The molecule has 6 aromatic rings. The van der Waals surface area contributed by atoms with Crippen LogP contribution >= 0.6 is 31.9 Å². The molecule has 0 aromatic heterocycles. The molecule has 0 atom stereocenters. The van der Waals surface area contributed by atoms with Crippen LogP contribution in [0.15, 0.2) is 142 Å². The van der Waals surface area contributed by atoms with Gasteiger partial charge in [-0.1, -0.05) is 103 Å². The van der Waals surface area contributed by atoms with E-state index in [1.807, 2.05) is 0 Å². The predicted molar refractivity (Wildman–Crippen MR) is 196 cm³/mol. The molecule has 0 saturated heterocycles. The van der Waals surface area contributed by atoms with Gasteiger partial charge in [0.1, 0.15) is 0 Å². The Morgan fingerprint density at radius 3 is 0.818 bits per heavy atom. The van der Waals surface area contributed by atoms with E-state index in [1.165, 1.54) is 22.3 Å². The third-order valence-corrected chi connectivity index (χ3v) is 8.70. The number of hydrogen-bond acceptors (Lipinski definition) is 2. The summed E-state index contributed by atoms with van der Waals surface area (Å²) in [6.07, 6.45) is 0. The molecular formula is C40H34Br2N2.